The van der Waals surface area contributed by atoms with Crippen molar-refractivity contribution >= 4 is 5.91 Å². The normalized spacial score (nSPS) is 17.6. The van der Waals surface area contributed by atoms with E-state index in [1.807, 2.05) is 23.1 Å². The predicted octanol–water partition coefficient (Wildman–Crippen LogP) is 3.92. The first-order valence-corrected chi connectivity index (χ1v) is 9.18. The highest BCUT2D eigenvalue weighted by atomic mass is 19.1. The molecule has 0 unspecified atom stereocenters. The Hall–Kier alpha value is -2.40. The van der Waals surface area contributed by atoms with Crippen LogP contribution in [0.5, 0.6) is 5.75 Å². The molecule has 138 valence electrons. The van der Waals surface area contributed by atoms with Crippen LogP contribution in [-0.2, 0) is 0 Å². The lowest BCUT2D eigenvalue weighted by Gasteiger charge is -2.30. The molecule has 0 saturated carbocycles. The standard InChI is InChI=1S/C21H25FN2O2/c22-18-8-4-6-16(14-18)20-10-2-1-3-12-24(20)21(25)17-7-5-9-19(15-17)26-13-11-23/h4-9,14-15,20H,1-3,10-13,23H2/t20-/m1/s1. The van der Waals surface area contributed by atoms with E-state index in [0.717, 1.165) is 31.2 Å². The summed E-state index contributed by atoms with van der Waals surface area (Å²) in [5.74, 6) is 0.328. The smallest absolute Gasteiger partial charge is 0.254 e. The molecule has 1 saturated heterocycles. The van der Waals surface area contributed by atoms with E-state index >= 15 is 0 Å². The number of halogens is 1. The number of amides is 1. The van der Waals surface area contributed by atoms with Gasteiger partial charge in [0, 0.05) is 18.7 Å². The molecular weight excluding hydrogens is 331 g/mol. The largest absolute Gasteiger partial charge is 0.492 e. The number of carbonyl (C=O) groups is 1. The van der Waals surface area contributed by atoms with Gasteiger partial charge < -0.3 is 15.4 Å². The Kier molecular flexibility index (Phi) is 6.23. The first-order valence-electron chi connectivity index (χ1n) is 9.18. The molecule has 1 aliphatic rings. The molecule has 1 amide bonds. The summed E-state index contributed by atoms with van der Waals surface area (Å²) in [5, 5.41) is 0. The quantitative estimate of drug-likeness (QED) is 0.883. The van der Waals surface area contributed by atoms with Crippen LogP contribution in [0.3, 0.4) is 0 Å². The molecule has 0 radical (unpaired) electrons. The van der Waals surface area contributed by atoms with Crippen molar-refractivity contribution in [3.8, 4) is 5.75 Å². The molecule has 0 aliphatic carbocycles. The van der Waals surface area contributed by atoms with Crippen LogP contribution in [-0.4, -0.2) is 30.5 Å². The highest BCUT2D eigenvalue weighted by molar-refractivity contribution is 5.95. The van der Waals surface area contributed by atoms with Crippen molar-refractivity contribution in [3.05, 3.63) is 65.5 Å². The first kappa shape index (κ1) is 18.4. The first-order chi connectivity index (χ1) is 12.7. The zero-order chi connectivity index (χ0) is 18.4. The molecule has 2 N–H and O–H groups in total. The van der Waals surface area contributed by atoms with E-state index in [1.54, 1.807) is 18.2 Å². The number of likely N-dealkylation sites (tertiary alicyclic amines) is 1. The van der Waals surface area contributed by atoms with Gasteiger partial charge in [-0.3, -0.25) is 4.79 Å². The summed E-state index contributed by atoms with van der Waals surface area (Å²) in [6.45, 7) is 1.51. The van der Waals surface area contributed by atoms with E-state index in [-0.39, 0.29) is 17.8 Å². The van der Waals surface area contributed by atoms with E-state index in [9.17, 15) is 9.18 Å². The molecule has 1 atom stereocenters. The van der Waals surface area contributed by atoms with Crippen molar-refractivity contribution in [2.24, 2.45) is 5.73 Å². The van der Waals surface area contributed by atoms with Gasteiger partial charge in [-0.2, -0.15) is 0 Å². The van der Waals surface area contributed by atoms with Crippen molar-refractivity contribution in [1.29, 1.82) is 0 Å². The molecule has 0 spiro atoms. The van der Waals surface area contributed by atoms with Crippen LogP contribution in [0.4, 0.5) is 4.39 Å². The van der Waals surface area contributed by atoms with Gasteiger partial charge >= 0.3 is 0 Å². The average Bonchev–Trinajstić information content (AvgIpc) is 2.92. The molecule has 1 heterocycles. The predicted molar refractivity (Wildman–Crippen MR) is 99.6 cm³/mol. The highest BCUT2D eigenvalue weighted by Gasteiger charge is 2.28. The van der Waals surface area contributed by atoms with Gasteiger partial charge in [-0.15, -0.1) is 0 Å². The summed E-state index contributed by atoms with van der Waals surface area (Å²) in [4.78, 5) is 15.1. The fourth-order valence-corrected chi connectivity index (χ4v) is 3.47. The summed E-state index contributed by atoms with van der Waals surface area (Å²) >= 11 is 0. The van der Waals surface area contributed by atoms with E-state index in [1.165, 1.54) is 12.1 Å². The molecule has 5 heteroatoms. The Labute approximate surface area is 153 Å². The van der Waals surface area contributed by atoms with Crippen molar-refractivity contribution in [2.75, 3.05) is 19.7 Å². The maximum atomic E-state index is 13.7. The minimum atomic E-state index is -0.267. The Bertz CT molecular complexity index is 750. The van der Waals surface area contributed by atoms with Gasteiger partial charge in [0.1, 0.15) is 18.2 Å². The Morgan fingerprint density at radius 3 is 2.81 bits per heavy atom. The molecule has 1 aliphatic heterocycles. The summed E-state index contributed by atoms with van der Waals surface area (Å²) in [6, 6.07) is 13.7. The monoisotopic (exact) mass is 356 g/mol. The third-order valence-corrected chi connectivity index (χ3v) is 4.71. The van der Waals surface area contributed by atoms with E-state index in [0.29, 0.717) is 31.0 Å². The second kappa shape index (κ2) is 8.81. The second-order valence-electron chi connectivity index (χ2n) is 6.58. The molecule has 1 fully saturated rings. The van der Waals surface area contributed by atoms with Gasteiger partial charge in [0.25, 0.3) is 5.91 Å². The number of rotatable bonds is 5. The van der Waals surface area contributed by atoms with E-state index < -0.39 is 0 Å². The van der Waals surface area contributed by atoms with E-state index in [2.05, 4.69) is 0 Å². The second-order valence-corrected chi connectivity index (χ2v) is 6.58. The summed E-state index contributed by atoms with van der Waals surface area (Å²) < 4.78 is 19.3. The molecule has 0 bridgehead atoms. The maximum absolute atomic E-state index is 13.7. The molecule has 4 nitrogen and oxygen atoms in total. The number of hydrogen-bond acceptors (Lipinski definition) is 3. The molecule has 26 heavy (non-hydrogen) atoms. The SMILES string of the molecule is NCCOc1cccc(C(=O)N2CCCCC[C@@H]2c2cccc(F)c2)c1. The van der Waals surface area contributed by atoms with Crippen molar-refractivity contribution < 1.29 is 13.9 Å². The zero-order valence-electron chi connectivity index (χ0n) is 14.9. The highest BCUT2D eigenvalue weighted by Crippen LogP contribution is 2.32. The fourth-order valence-electron chi connectivity index (χ4n) is 3.47. The number of nitrogens with two attached hydrogens (primary N) is 1. The maximum Gasteiger partial charge on any atom is 0.254 e. The third-order valence-electron chi connectivity index (χ3n) is 4.71. The molecular formula is C21H25FN2O2. The summed E-state index contributed by atoms with van der Waals surface area (Å²) in [7, 11) is 0. The number of nitrogens with zero attached hydrogens (tertiary/aromatic N) is 1. The average molecular weight is 356 g/mol. The number of hydrogen-bond donors (Lipinski definition) is 1. The Morgan fingerprint density at radius 2 is 2.00 bits per heavy atom. The molecule has 2 aromatic rings. The van der Waals surface area contributed by atoms with Gasteiger partial charge in [-0.05, 0) is 48.7 Å². The Morgan fingerprint density at radius 1 is 1.15 bits per heavy atom. The number of carbonyl (C=O) groups excluding carboxylic acids is 1. The van der Waals surface area contributed by atoms with Crippen LogP contribution in [0.2, 0.25) is 0 Å². The molecule has 0 aromatic heterocycles. The zero-order valence-corrected chi connectivity index (χ0v) is 14.9. The van der Waals surface area contributed by atoms with Crippen LogP contribution in [0.25, 0.3) is 0 Å². The topological polar surface area (TPSA) is 55.6 Å². The number of benzene rings is 2. The third kappa shape index (κ3) is 4.41. The van der Waals surface area contributed by atoms with Crippen molar-refractivity contribution in [2.45, 2.75) is 31.7 Å². The lowest BCUT2D eigenvalue weighted by molar-refractivity contribution is 0.0680. The number of ether oxygens (including phenoxy) is 1. The van der Waals surface area contributed by atoms with Gasteiger partial charge in [0.2, 0.25) is 0 Å². The van der Waals surface area contributed by atoms with Crippen LogP contribution in [0.15, 0.2) is 48.5 Å². The van der Waals surface area contributed by atoms with Gasteiger partial charge in [0.15, 0.2) is 0 Å². The minimum absolute atomic E-state index is 0.0423. The van der Waals surface area contributed by atoms with Crippen LogP contribution in [0, 0.1) is 5.82 Å². The van der Waals surface area contributed by atoms with Gasteiger partial charge in [-0.25, -0.2) is 4.39 Å². The lowest BCUT2D eigenvalue weighted by Crippen LogP contribution is -2.34. The Balaban J connectivity index is 1.87. The van der Waals surface area contributed by atoms with Crippen LogP contribution < -0.4 is 10.5 Å². The molecule has 3 rings (SSSR count). The van der Waals surface area contributed by atoms with Gasteiger partial charge in [0.05, 0.1) is 6.04 Å². The van der Waals surface area contributed by atoms with Crippen LogP contribution in [0.1, 0.15) is 47.6 Å². The lowest BCUT2D eigenvalue weighted by atomic mass is 10.00. The fraction of sp³-hybridized carbons (Fsp3) is 0.381. The van der Waals surface area contributed by atoms with Crippen LogP contribution >= 0.6 is 0 Å². The summed E-state index contributed by atoms with van der Waals surface area (Å²) in [5.41, 5.74) is 6.92. The minimum Gasteiger partial charge on any atom is -0.492 e. The van der Waals surface area contributed by atoms with Crippen molar-refractivity contribution in [1.82, 2.24) is 4.90 Å². The summed E-state index contributed by atoms with van der Waals surface area (Å²) in [6.07, 6.45) is 3.92. The van der Waals surface area contributed by atoms with Gasteiger partial charge in [-0.1, -0.05) is 31.0 Å². The molecule has 2 aromatic carbocycles. The van der Waals surface area contributed by atoms with E-state index in [4.69, 9.17) is 10.5 Å². The van der Waals surface area contributed by atoms with Crippen molar-refractivity contribution in [3.63, 3.8) is 0 Å².